The summed E-state index contributed by atoms with van der Waals surface area (Å²) in [6.45, 7) is 1.19. The molecule has 1 aromatic heterocycles. The van der Waals surface area contributed by atoms with E-state index in [4.69, 9.17) is 23.2 Å². The van der Waals surface area contributed by atoms with E-state index in [1.807, 2.05) is 0 Å². The molecule has 4 heterocycles. The number of hydrogen-bond acceptors (Lipinski definition) is 4. The number of piperidine rings is 1. The van der Waals surface area contributed by atoms with Crippen molar-refractivity contribution in [2.45, 2.75) is 36.8 Å². The van der Waals surface area contributed by atoms with Crippen LogP contribution in [0.5, 0.6) is 0 Å². The fourth-order valence-corrected chi connectivity index (χ4v) is 6.36. The average molecular weight is 475 g/mol. The van der Waals surface area contributed by atoms with Crippen LogP contribution in [0.2, 0.25) is 10.2 Å². The minimum atomic E-state index is -1.27. The number of carbonyl (C=O) groups is 2. The van der Waals surface area contributed by atoms with Crippen LogP contribution >= 0.6 is 23.2 Å². The van der Waals surface area contributed by atoms with Gasteiger partial charge in [0.05, 0.1) is 10.9 Å². The molecule has 2 saturated heterocycles. The van der Waals surface area contributed by atoms with E-state index >= 15 is 4.39 Å². The Morgan fingerprint density at radius 3 is 2.75 bits per heavy atom. The quantitative estimate of drug-likeness (QED) is 0.665. The number of nitrogens with one attached hydrogen (secondary N) is 2. The molecule has 0 unspecified atom stereocenters. The lowest BCUT2D eigenvalue weighted by Gasteiger charge is -2.39. The number of pyridine rings is 1. The number of halogens is 3. The summed E-state index contributed by atoms with van der Waals surface area (Å²) in [5.74, 6) is -1.57. The van der Waals surface area contributed by atoms with Crippen molar-refractivity contribution in [3.63, 3.8) is 0 Å². The lowest BCUT2D eigenvalue weighted by atomic mass is 9.70. The smallest absolute Gasteiger partial charge is 0.251 e. The molecule has 166 valence electrons. The fourth-order valence-electron chi connectivity index (χ4n) is 6.03. The highest BCUT2D eigenvalue weighted by Crippen LogP contribution is 2.61. The minimum absolute atomic E-state index is 0.0288. The van der Waals surface area contributed by atoms with Crippen LogP contribution in [0.1, 0.15) is 36.3 Å². The van der Waals surface area contributed by atoms with Crippen molar-refractivity contribution < 1.29 is 14.0 Å². The van der Waals surface area contributed by atoms with E-state index in [1.165, 1.54) is 6.07 Å². The van der Waals surface area contributed by atoms with E-state index in [0.717, 1.165) is 12.8 Å². The van der Waals surface area contributed by atoms with Gasteiger partial charge in [-0.25, -0.2) is 9.37 Å². The van der Waals surface area contributed by atoms with Crippen molar-refractivity contribution in [1.29, 1.82) is 0 Å². The maximum Gasteiger partial charge on any atom is 0.251 e. The second kappa shape index (κ2) is 7.14. The third kappa shape index (κ3) is 2.71. The summed E-state index contributed by atoms with van der Waals surface area (Å²) >= 11 is 12.3. The van der Waals surface area contributed by atoms with Crippen LogP contribution in [0.3, 0.4) is 0 Å². The Balaban J connectivity index is 1.65. The second-order valence-electron chi connectivity index (χ2n) is 9.14. The molecule has 1 saturated carbocycles. The maximum absolute atomic E-state index is 15.5. The van der Waals surface area contributed by atoms with Gasteiger partial charge in [-0.1, -0.05) is 35.3 Å². The summed E-state index contributed by atoms with van der Waals surface area (Å²) in [6, 6.07) is 8.02. The Bertz CT molecular complexity index is 1160. The monoisotopic (exact) mass is 474 g/mol. The lowest BCUT2D eigenvalue weighted by molar-refractivity contribution is -0.128. The Morgan fingerprint density at radius 2 is 1.97 bits per heavy atom. The SMILES string of the molecule is O=C1NCC[C@H]2[C@@H]1[C@H](c1cccc(Cl)c1F)[C@]1(C(=O)Nc3nc(Cl)ccc31)N2CC1CC1. The van der Waals surface area contributed by atoms with Crippen LogP contribution in [-0.4, -0.2) is 40.8 Å². The highest BCUT2D eigenvalue weighted by molar-refractivity contribution is 6.31. The molecule has 3 fully saturated rings. The first-order valence-corrected chi connectivity index (χ1v) is 11.7. The Labute approximate surface area is 194 Å². The molecule has 3 aliphatic heterocycles. The summed E-state index contributed by atoms with van der Waals surface area (Å²) in [4.78, 5) is 33.6. The van der Waals surface area contributed by atoms with Crippen molar-refractivity contribution >= 4 is 40.8 Å². The molecule has 0 bridgehead atoms. The molecular weight excluding hydrogens is 454 g/mol. The van der Waals surface area contributed by atoms with E-state index in [9.17, 15) is 9.59 Å². The predicted molar refractivity (Wildman–Crippen MR) is 118 cm³/mol. The van der Waals surface area contributed by atoms with Gasteiger partial charge < -0.3 is 10.6 Å². The number of carbonyl (C=O) groups excluding carboxylic acids is 2. The number of hydrogen-bond donors (Lipinski definition) is 2. The number of amides is 2. The van der Waals surface area contributed by atoms with Gasteiger partial charge in [0.1, 0.15) is 22.3 Å². The van der Waals surface area contributed by atoms with Gasteiger partial charge in [-0.2, -0.15) is 0 Å². The van der Waals surface area contributed by atoms with Gasteiger partial charge in [0.15, 0.2) is 0 Å². The average Bonchev–Trinajstić information content (AvgIpc) is 3.47. The molecule has 6 nitrogen and oxygen atoms in total. The molecule has 32 heavy (non-hydrogen) atoms. The van der Waals surface area contributed by atoms with E-state index in [-0.39, 0.29) is 33.6 Å². The number of anilines is 1. The number of likely N-dealkylation sites (tertiary alicyclic amines) is 1. The van der Waals surface area contributed by atoms with Crippen LogP contribution in [0, 0.1) is 17.7 Å². The van der Waals surface area contributed by atoms with Crippen molar-refractivity contribution in [2.75, 3.05) is 18.4 Å². The van der Waals surface area contributed by atoms with Crippen molar-refractivity contribution in [3.05, 3.63) is 57.5 Å². The zero-order valence-electron chi connectivity index (χ0n) is 17.1. The van der Waals surface area contributed by atoms with Gasteiger partial charge in [-0.3, -0.25) is 14.5 Å². The molecule has 4 aliphatic rings. The standard InChI is InChI=1S/C23H21Cl2FN4O2/c24-14-3-1-2-12(19(14)26)18-17-15(8-9-27-21(17)31)30(10-11-4-5-11)23(18)13-6-7-16(25)28-20(13)29-22(23)32/h1-3,6-7,11,15,17-18H,4-5,8-10H2,(H,27,31)(H,28,29,32)/t15-,17+,18-,23+/m0/s1. The molecule has 1 aromatic carbocycles. The number of nitrogens with zero attached hydrogens (tertiary/aromatic N) is 2. The third-order valence-corrected chi connectivity index (χ3v) is 7.94. The molecule has 4 atom stereocenters. The molecular formula is C23H21Cl2FN4O2. The molecule has 1 aliphatic carbocycles. The first kappa shape index (κ1) is 20.4. The first-order valence-electron chi connectivity index (χ1n) is 10.9. The summed E-state index contributed by atoms with van der Waals surface area (Å²) < 4.78 is 15.5. The van der Waals surface area contributed by atoms with Crippen LogP contribution in [0.15, 0.2) is 30.3 Å². The Morgan fingerprint density at radius 1 is 1.16 bits per heavy atom. The first-order chi connectivity index (χ1) is 15.4. The summed E-state index contributed by atoms with van der Waals surface area (Å²) in [7, 11) is 0. The van der Waals surface area contributed by atoms with Gasteiger partial charge in [0.25, 0.3) is 5.91 Å². The summed E-state index contributed by atoms with van der Waals surface area (Å²) in [5, 5.41) is 6.06. The predicted octanol–water partition coefficient (Wildman–Crippen LogP) is 3.69. The largest absolute Gasteiger partial charge is 0.356 e. The van der Waals surface area contributed by atoms with Gasteiger partial charge in [-0.05, 0) is 48.9 Å². The van der Waals surface area contributed by atoms with Crippen molar-refractivity contribution in [3.8, 4) is 0 Å². The van der Waals surface area contributed by atoms with Gasteiger partial charge in [0.2, 0.25) is 5.91 Å². The van der Waals surface area contributed by atoms with Crippen molar-refractivity contribution in [1.82, 2.24) is 15.2 Å². The molecule has 2 amide bonds. The molecule has 9 heteroatoms. The molecule has 6 rings (SSSR count). The third-order valence-electron chi connectivity index (χ3n) is 7.44. The van der Waals surface area contributed by atoms with E-state index in [0.29, 0.717) is 36.8 Å². The van der Waals surface area contributed by atoms with Gasteiger partial charge in [-0.15, -0.1) is 0 Å². The van der Waals surface area contributed by atoms with E-state index in [1.54, 1.807) is 24.3 Å². The van der Waals surface area contributed by atoms with Crippen LogP contribution < -0.4 is 10.6 Å². The molecule has 2 N–H and O–H groups in total. The zero-order chi connectivity index (χ0) is 22.2. The number of fused-ring (bicyclic) bond motifs is 3. The minimum Gasteiger partial charge on any atom is -0.356 e. The number of rotatable bonds is 3. The Hall–Kier alpha value is -2.22. The van der Waals surface area contributed by atoms with Crippen LogP contribution in [0.25, 0.3) is 0 Å². The number of benzene rings is 1. The summed E-state index contributed by atoms with van der Waals surface area (Å²) in [5.41, 5.74) is -0.349. The molecule has 2 aromatic rings. The van der Waals surface area contributed by atoms with E-state index in [2.05, 4.69) is 20.5 Å². The summed E-state index contributed by atoms with van der Waals surface area (Å²) in [6.07, 6.45) is 2.85. The normalized spacial score (nSPS) is 31.4. The lowest BCUT2D eigenvalue weighted by Crippen LogP contribution is -2.53. The number of aromatic nitrogens is 1. The van der Waals surface area contributed by atoms with Gasteiger partial charge >= 0.3 is 0 Å². The Kier molecular flexibility index (Phi) is 4.55. The van der Waals surface area contributed by atoms with Crippen molar-refractivity contribution in [2.24, 2.45) is 11.8 Å². The maximum atomic E-state index is 15.5. The topological polar surface area (TPSA) is 74.3 Å². The highest BCUT2D eigenvalue weighted by atomic mass is 35.5. The fraction of sp³-hybridized carbons (Fsp3) is 0.435. The van der Waals surface area contributed by atoms with E-state index < -0.39 is 23.2 Å². The zero-order valence-corrected chi connectivity index (χ0v) is 18.6. The van der Waals surface area contributed by atoms with Crippen LogP contribution in [0.4, 0.5) is 10.2 Å². The van der Waals surface area contributed by atoms with Gasteiger partial charge in [0, 0.05) is 30.6 Å². The highest BCUT2D eigenvalue weighted by Gasteiger charge is 2.69. The molecule has 0 radical (unpaired) electrons. The van der Waals surface area contributed by atoms with Crippen LogP contribution in [-0.2, 0) is 15.1 Å². The molecule has 1 spiro atoms. The second-order valence-corrected chi connectivity index (χ2v) is 9.93.